The Morgan fingerprint density at radius 3 is 2.58 bits per heavy atom. The topological polar surface area (TPSA) is 28.4 Å². The van der Waals surface area contributed by atoms with Gasteiger partial charge in [-0.15, -0.1) is 0 Å². The van der Waals surface area contributed by atoms with Gasteiger partial charge < -0.3 is 14.6 Å². The summed E-state index contributed by atoms with van der Waals surface area (Å²) < 4.78 is 5.60. The molecule has 0 aliphatic heterocycles. The van der Waals surface area contributed by atoms with Gasteiger partial charge in [0.1, 0.15) is 5.76 Å². The lowest BCUT2D eigenvalue weighted by atomic mass is 10.1. The fraction of sp³-hybridized carbons (Fsp3) is 0.450. The molecule has 2 rings (SSSR count). The molecule has 1 heterocycles. The van der Waals surface area contributed by atoms with Crippen LogP contribution in [0.2, 0.25) is 0 Å². The van der Waals surface area contributed by atoms with E-state index in [1.807, 2.05) is 12.1 Å². The molecule has 0 aliphatic carbocycles. The van der Waals surface area contributed by atoms with E-state index >= 15 is 0 Å². The minimum absolute atomic E-state index is 0.101. The molecular weight excluding hydrogens is 316 g/mol. The smallest absolute Gasteiger partial charge is 0.174 e. The number of thiocarbonyl (C=S) groups is 1. The maximum absolute atomic E-state index is 5.74. The molecule has 1 aromatic heterocycles. The highest BCUT2D eigenvalue weighted by atomic mass is 32.1. The van der Waals surface area contributed by atoms with E-state index in [2.05, 4.69) is 63.0 Å². The van der Waals surface area contributed by atoms with Gasteiger partial charge in [-0.3, -0.25) is 0 Å². The lowest BCUT2D eigenvalue weighted by Crippen LogP contribution is -2.38. The Bertz CT molecular complexity index is 664. The van der Waals surface area contributed by atoms with Crippen LogP contribution >= 0.6 is 12.2 Å². The first-order chi connectivity index (χ1) is 11.4. The van der Waals surface area contributed by atoms with Gasteiger partial charge in [-0.25, -0.2) is 0 Å². The van der Waals surface area contributed by atoms with Crippen LogP contribution in [0.5, 0.6) is 0 Å². The number of aryl methyl sites for hydroxylation is 2. The van der Waals surface area contributed by atoms with Gasteiger partial charge >= 0.3 is 0 Å². The molecule has 0 saturated carbocycles. The summed E-state index contributed by atoms with van der Waals surface area (Å²) in [5.74, 6) is 1.56. The molecule has 3 nitrogen and oxygen atoms in total. The lowest BCUT2D eigenvalue weighted by molar-refractivity contribution is 0.281. The number of nitrogens with one attached hydrogen (secondary N) is 1. The van der Waals surface area contributed by atoms with E-state index in [0.717, 1.165) is 29.5 Å². The molecule has 2 aromatic rings. The molecule has 0 amide bonds. The quantitative estimate of drug-likeness (QED) is 0.680. The predicted octanol–water partition coefficient (Wildman–Crippen LogP) is 5.70. The van der Waals surface area contributed by atoms with Crippen molar-refractivity contribution in [3.63, 3.8) is 0 Å². The second-order valence-electron chi connectivity index (χ2n) is 6.82. The van der Waals surface area contributed by atoms with Gasteiger partial charge in [0.2, 0.25) is 0 Å². The maximum Gasteiger partial charge on any atom is 0.174 e. The summed E-state index contributed by atoms with van der Waals surface area (Å²) in [5, 5.41) is 4.18. The molecule has 0 fully saturated rings. The first-order valence-electron chi connectivity index (χ1n) is 8.56. The first-order valence-corrected chi connectivity index (χ1v) is 8.97. The monoisotopic (exact) mass is 344 g/mol. The molecule has 0 radical (unpaired) electrons. The zero-order chi connectivity index (χ0) is 17.7. The summed E-state index contributed by atoms with van der Waals surface area (Å²) in [6.07, 6.45) is 2.80. The zero-order valence-electron chi connectivity index (χ0n) is 15.3. The zero-order valence-corrected chi connectivity index (χ0v) is 16.1. The summed E-state index contributed by atoms with van der Waals surface area (Å²) in [6.45, 7) is 11.7. The Morgan fingerprint density at radius 2 is 1.96 bits per heavy atom. The first kappa shape index (κ1) is 18.5. The normalized spacial score (nSPS) is 12.2. The van der Waals surface area contributed by atoms with E-state index < -0.39 is 0 Å². The summed E-state index contributed by atoms with van der Waals surface area (Å²) >= 11 is 5.74. The fourth-order valence-electron chi connectivity index (χ4n) is 2.61. The van der Waals surface area contributed by atoms with Gasteiger partial charge in [0.15, 0.2) is 5.11 Å². The number of hydrogen-bond acceptors (Lipinski definition) is 2. The number of anilines is 1. The van der Waals surface area contributed by atoms with Gasteiger partial charge in [-0.2, -0.15) is 0 Å². The number of nitrogens with zero attached hydrogens (tertiary/aromatic N) is 1. The average molecular weight is 345 g/mol. The minimum Gasteiger partial charge on any atom is -0.467 e. The fourth-order valence-corrected chi connectivity index (χ4v) is 2.97. The predicted molar refractivity (Wildman–Crippen MR) is 105 cm³/mol. The molecule has 0 bridgehead atoms. The highest BCUT2D eigenvalue weighted by Crippen LogP contribution is 2.24. The number of furan rings is 1. The van der Waals surface area contributed by atoms with Crippen LogP contribution in [0.25, 0.3) is 0 Å². The third-order valence-corrected chi connectivity index (χ3v) is 4.60. The molecule has 0 saturated heterocycles. The van der Waals surface area contributed by atoms with Crippen LogP contribution in [0, 0.1) is 19.8 Å². The van der Waals surface area contributed by atoms with Crippen molar-refractivity contribution in [2.24, 2.45) is 5.92 Å². The summed E-state index contributed by atoms with van der Waals surface area (Å²) in [6, 6.07) is 10.4. The molecule has 4 heteroatoms. The molecule has 0 aliphatic rings. The standard InChI is InChI=1S/C20H28N2OS/c1-14(2)10-11-22(17(5)19-7-6-12-23-19)20(24)21-18-13-15(3)8-9-16(18)4/h6-9,12-14,17H,10-11H2,1-5H3,(H,21,24)/t17-/m0/s1. The minimum atomic E-state index is 0.101. The molecule has 0 spiro atoms. The SMILES string of the molecule is Cc1ccc(C)c(NC(=S)N(CCC(C)C)[C@@H](C)c2ccco2)c1. The molecule has 24 heavy (non-hydrogen) atoms. The Labute approximate surface area is 151 Å². The Balaban J connectivity index is 2.18. The highest BCUT2D eigenvalue weighted by molar-refractivity contribution is 7.80. The van der Waals surface area contributed by atoms with Crippen molar-refractivity contribution in [1.82, 2.24) is 4.90 Å². The highest BCUT2D eigenvalue weighted by Gasteiger charge is 2.21. The van der Waals surface area contributed by atoms with Crippen molar-refractivity contribution in [2.45, 2.75) is 47.1 Å². The van der Waals surface area contributed by atoms with E-state index in [1.54, 1.807) is 6.26 Å². The third-order valence-electron chi connectivity index (χ3n) is 4.27. The van der Waals surface area contributed by atoms with E-state index in [-0.39, 0.29) is 6.04 Å². The van der Waals surface area contributed by atoms with Crippen LogP contribution in [0.3, 0.4) is 0 Å². The van der Waals surface area contributed by atoms with Gasteiger partial charge in [-0.05, 0) is 74.7 Å². The van der Waals surface area contributed by atoms with Gasteiger partial charge in [0.25, 0.3) is 0 Å². The third kappa shape index (κ3) is 4.84. The Kier molecular flexibility index (Phi) is 6.44. The van der Waals surface area contributed by atoms with Crippen molar-refractivity contribution in [3.05, 3.63) is 53.5 Å². The van der Waals surface area contributed by atoms with Crippen molar-refractivity contribution in [1.29, 1.82) is 0 Å². The van der Waals surface area contributed by atoms with Crippen molar-refractivity contribution < 1.29 is 4.42 Å². The van der Waals surface area contributed by atoms with E-state index in [9.17, 15) is 0 Å². The van der Waals surface area contributed by atoms with Crippen LogP contribution in [0.1, 0.15) is 50.1 Å². The van der Waals surface area contributed by atoms with Gasteiger partial charge in [0.05, 0.1) is 12.3 Å². The number of rotatable bonds is 6. The van der Waals surface area contributed by atoms with E-state index in [0.29, 0.717) is 5.92 Å². The molecular formula is C20H28N2OS. The van der Waals surface area contributed by atoms with Crippen LogP contribution in [0.15, 0.2) is 41.0 Å². The van der Waals surface area contributed by atoms with Crippen LogP contribution in [-0.2, 0) is 0 Å². The Hall–Kier alpha value is -1.81. The maximum atomic E-state index is 5.74. The molecule has 130 valence electrons. The van der Waals surface area contributed by atoms with E-state index in [4.69, 9.17) is 16.6 Å². The van der Waals surface area contributed by atoms with Crippen LogP contribution < -0.4 is 5.32 Å². The van der Waals surface area contributed by atoms with E-state index in [1.165, 1.54) is 11.1 Å². The largest absolute Gasteiger partial charge is 0.467 e. The van der Waals surface area contributed by atoms with Crippen LogP contribution in [-0.4, -0.2) is 16.6 Å². The number of benzene rings is 1. The van der Waals surface area contributed by atoms with Crippen molar-refractivity contribution >= 4 is 23.0 Å². The van der Waals surface area contributed by atoms with Gasteiger partial charge in [0, 0.05) is 12.2 Å². The second-order valence-corrected chi connectivity index (χ2v) is 7.20. The number of hydrogen-bond donors (Lipinski definition) is 1. The van der Waals surface area contributed by atoms with Gasteiger partial charge in [-0.1, -0.05) is 26.0 Å². The van der Waals surface area contributed by atoms with Crippen LogP contribution in [0.4, 0.5) is 5.69 Å². The van der Waals surface area contributed by atoms with Crippen molar-refractivity contribution in [3.8, 4) is 0 Å². The second kappa shape index (κ2) is 8.34. The average Bonchev–Trinajstić information content (AvgIpc) is 3.05. The summed E-state index contributed by atoms with van der Waals surface area (Å²) in [5.41, 5.74) is 3.48. The summed E-state index contributed by atoms with van der Waals surface area (Å²) in [4.78, 5) is 2.22. The van der Waals surface area contributed by atoms with Crippen molar-refractivity contribution in [2.75, 3.05) is 11.9 Å². The lowest BCUT2D eigenvalue weighted by Gasteiger charge is -2.31. The Morgan fingerprint density at radius 1 is 1.21 bits per heavy atom. The molecule has 1 aromatic carbocycles. The summed E-state index contributed by atoms with van der Waals surface area (Å²) in [7, 11) is 0. The molecule has 1 atom stereocenters. The molecule has 1 N–H and O–H groups in total. The molecule has 0 unspecified atom stereocenters.